The van der Waals surface area contributed by atoms with E-state index in [1.807, 2.05) is 0 Å². The highest BCUT2D eigenvalue weighted by Gasteiger charge is 2.37. The molecule has 2 nitrogen and oxygen atoms in total. The molecule has 0 bridgehead atoms. The van der Waals surface area contributed by atoms with Gasteiger partial charge in [0.2, 0.25) is 5.78 Å². The summed E-state index contributed by atoms with van der Waals surface area (Å²) >= 11 is 0. The van der Waals surface area contributed by atoms with Crippen molar-refractivity contribution in [2.24, 2.45) is 0 Å². The van der Waals surface area contributed by atoms with Crippen LogP contribution in [0.5, 0.6) is 0 Å². The number of Topliss-reactive ketones (excluding diaryl/α,β-unsaturated/α-hetero) is 1. The second kappa shape index (κ2) is 7.05. The van der Waals surface area contributed by atoms with Crippen LogP contribution in [0.15, 0.2) is 0 Å². The first-order valence-corrected chi connectivity index (χ1v) is 7.01. The number of likely N-dealkylation sites (N-methyl/N-ethyl adjacent to an activating group) is 1. The van der Waals surface area contributed by atoms with Crippen molar-refractivity contribution in [3.8, 4) is 0 Å². The van der Waals surface area contributed by atoms with E-state index in [2.05, 4.69) is 14.0 Å². The van der Waals surface area contributed by atoms with E-state index in [-0.39, 0.29) is 0 Å². The molecule has 0 N–H and O–H groups in total. The second-order valence-electron chi connectivity index (χ2n) is 5.67. The fourth-order valence-corrected chi connectivity index (χ4v) is 2.59. The van der Waals surface area contributed by atoms with Crippen molar-refractivity contribution in [2.75, 3.05) is 26.7 Å². The Bertz CT molecular complexity index is 205. The number of hydrogen-bond acceptors (Lipinski definition) is 1. The first-order chi connectivity index (χ1) is 7.66. The predicted molar refractivity (Wildman–Crippen MR) is 68.4 cm³/mol. The van der Waals surface area contributed by atoms with Crippen molar-refractivity contribution >= 4 is 5.78 Å². The lowest BCUT2D eigenvalue weighted by Gasteiger charge is -2.40. The SMILES string of the molecule is CCCCCCCCCC[N+]1(C)CC(=O)C1. The summed E-state index contributed by atoms with van der Waals surface area (Å²) in [5.41, 5.74) is 0. The number of quaternary nitrogens is 1. The van der Waals surface area contributed by atoms with Crippen LogP contribution < -0.4 is 0 Å². The van der Waals surface area contributed by atoms with Gasteiger partial charge in [-0.2, -0.15) is 0 Å². The maximum absolute atomic E-state index is 10.9. The fraction of sp³-hybridized carbons (Fsp3) is 0.929. The Balaban J connectivity index is 1.83. The van der Waals surface area contributed by atoms with Gasteiger partial charge in [-0.15, -0.1) is 0 Å². The zero-order valence-electron chi connectivity index (χ0n) is 11.1. The first-order valence-electron chi connectivity index (χ1n) is 7.01. The molecule has 0 aromatic carbocycles. The van der Waals surface area contributed by atoms with E-state index in [1.165, 1.54) is 57.9 Å². The molecule has 0 radical (unpaired) electrons. The van der Waals surface area contributed by atoms with Gasteiger partial charge in [-0.05, 0) is 12.8 Å². The Hall–Kier alpha value is -0.370. The van der Waals surface area contributed by atoms with Crippen LogP contribution in [0, 0.1) is 0 Å². The Morgan fingerprint density at radius 3 is 1.94 bits per heavy atom. The quantitative estimate of drug-likeness (QED) is 0.436. The van der Waals surface area contributed by atoms with Crippen LogP contribution in [-0.4, -0.2) is 36.9 Å². The van der Waals surface area contributed by atoms with Crippen molar-refractivity contribution in [3.63, 3.8) is 0 Å². The number of nitrogens with zero attached hydrogens (tertiary/aromatic N) is 1. The number of carbonyl (C=O) groups is 1. The Kier molecular flexibility index (Phi) is 6.04. The van der Waals surface area contributed by atoms with Gasteiger partial charge in [0.1, 0.15) is 13.1 Å². The molecule has 1 fully saturated rings. The third-order valence-corrected chi connectivity index (χ3v) is 3.67. The van der Waals surface area contributed by atoms with Gasteiger partial charge in [0, 0.05) is 0 Å². The summed E-state index contributed by atoms with van der Waals surface area (Å²) in [4.78, 5) is 10.9. The summed E-state index contributed by atoms with van der Waals surface area (Å²) in [6.07, 6.45) is 11.0. The highest BCUT2D eigenvalue weighted by Crippen LogP contribution is 2.16. The maximum Gasteiger partial charge on any atom is 0.240 e. The molecule has 0 aromatic rings. The normalized spacial score (nSPS) is 18.5. The lowest BCUT2D eigenvalue weighted by Crippen LogP contribution is -2.61. The summed E-state index contributed by atoms with van der Waals surface area (Å²) in [5.74, 6) is 0.446. The van der Waals surface area contributed by atoms with Gasteiger partial charge < -0.3 is 4.48 Å². The first kappa shape index (κ1) is 13.7. The molecule has 0 aromatic heterocycles. The summed E-state index contributed by atoms with van der Waals surface area (Å²) in [6, 6.07) is 0. The molecule has 1 rings (SSSR count). The third kappa shape index (κ3) is 5.11. The van der Waals surface area contributed by atoms with E-state index in [0.29, 0.717) is 5.78 Å². The van der Waals surface area contributed by atoms with Crippen molar-refractivity contribution in [3.05, 3.63) is 0 Å². The van der Waals surface area contributed by atoms with E-state index in [9.17, 15) is 4.79 Å². The van der Waals surface area contributed by atoms with Gasteiger partial charge in [-0.3, -0.25) is 4.79 Å². The van der Waals surface area contributed by atoms with Gasteiger partial charge in [0.05, 0.1) is 13.6 Å². The Morgan fingerprint density at radius 1 is 0.938 bits per heavy atom. The minimum atomic E-state index is 0.446. The summed E-state index contributed by atoms with van der Waals surface area (Å²) < 4.78 is 1.01. The average molecular weight is 226 g/mol. The second-order valence-corrected chi connectivity index (χ2v) is 5.67. The monoisotopic (exact) mass is 226 g/mol. The van der Waals surface area contributed by atoms with Gasteiger partial charge >= 0.3 is 0 Å². The van der Waals surface area contributed by atoms with E-state index in [0.717, 1.165) is 17.6 Å². The molecular weight excluding hydrogens is 198 g/mol. The minimum Gasteiger partial charge on any atom is -0.313 e. The molecule has 0 atom stereocenters. The molecule has 94 valence electrons. The maximum atomic E-state index is 10.9. The largest absolute Gasteiger partial charge is 0.313 e. The molecule has 1 saturated heterocycles. The molecule has 0 saturated carbocycles. The highest BCUT2D eigenvalue weighted by atomic mass is 16.1. The fourth-order valence-electron chi connectivity index (χ4n) is 2.59. The van der Waals surface area contributed by atoms with Gasteiger partial charge in [-0.1, -0.05) is 45.4 Å². The van der Waals surface area contributed by atoms with Gasteiger partial charge in [0.25, 0.3) is 0 Å². The summed E-state index contributed by atoms with van der Waals surface area (Å²) in [7, 11) is 2.21. The van der Waals surface area contributed by atoms with Crippen LogP contribution in [-0.2, 0) is 4.79 Å². The van der Waals surface area contributed by atoms with Crippen LogP contribution >= 0.6 is 0 Å². The van der Waals surface area contributed by atoms with Gasteiger partial charge in [-0.25, -0.2) is 0 Å². The van der Waals surface area contributed by atoms with Crippen molar-refractivity contribution in [1.29, 1.82) is 0 Å². The molecule has 1 aliphatic rings. The number of rotatable bonds is 9. The number of hydrogen-bond donors (Lipinski definition) is 0. The van der Waals surface area contributed by atoms with Crippen LogP contribution in [0.25, 0.3) is 0 Å². The molecule has 0 aliphatic carbocycles. The van der Waals surface area contributed by atoms with E-state index >= 15 is 0 Å². The van der Waals surface area contributed by atoms with Crippen LogP contribution in [0.1, 0.15) is 58.3 Å². The van der Waals surface area contributed by atoms with Crippen molar-refractivity contribution in [1.82, 2.24) is 0 Å². The number of ketones is 1. The Labute approximate surface area is 101 Å². The topological polar surface area (TPSA) is 17.1 Å². The lowest BCUT2D eigenvalue weighted by molar-refractivity contribution is -0.916. The van der Waals surface area contributed by atoms with Gasteiger partial charge in [0.15, 0.2) is 0 Å². The molecule has 0 unspecified atom stereocenters. The molecule has 1 aliphatic heterocycles. The summed E-state index contributed by atoms with van der Waals surface area (Å²) in [5, 5.41) is 0. The number of carbonyl (C=O) groups excluding carboxylic acids is 1. The zero-order valence-corrected chi connectivity index (χ0v) is 11.1. The number of likely N-dealkylation sites (tertiary alicyclic amines) is 1. The molecule has 1 heterocycles. The molecular formula is C14H28NO+. The van der Waals surface area contributed by atoms with Crippen molar-refractivity contribution in [2.45, 2.75) is 58.3 Å². The average Bonchev–Trinajstić information content (AvgIpc) is 2.20. The molecule has 0 amide bonds. The van der Waals surface area contributed by atoms with E-state index in [4.69, 9.17) is 0 Å². The zero-order chi connectivity index (χ0) is 11.9. The van der Waals surface area contributed by atoms with E-state index in [1.54, 1.807) is 0 Å². The molecule has 0 spiro atoms. The Morgan fingerprint density at radius 2 is 1.44 bits per heavy atom. The number of unbranched alkanes of at least 4 members (excludes halogenated alkanes) is 7. The molecule has 2 heteroatoms. The highest BCUT2D eigenvalue weighted by molar-refractivity contribution is 5.84. The minimum absolute atomic E-state index is 0.446. The van der Waals surface area contributed by atoms with Crippen LogP contribution in [0.3, 0.4) is 0 Å². The lowest BCUT2D eigenvalue weighted by atomic mass is 10.1. The van der Waals surface area contributed by atoms with E-state index < -0.39 is 0 Å². The summed E-state index contributed by atoms with van der Waals surface area (Å²) in [6.45, 7) is 5.05. The van der Waals surface area contributed by atoms with Crippen molar-refractivity contribution < 1.29 is 9.28 Å². The standard InChI is InChI=1S/C14H28NO/c1-3-4-5-6-7-8-9-10-11-15(2)12-14(16)13-15/h3-13H2,1-2H3/q+1. The third-order valence-electron chi connectivity index (χ3n) is 3.67. The molecule has 16 heavy (non-hydrogen) atoms. The van der Waals surface area contributed by atoms with Crippen LogP contribution in [0.4, 0.5) is 0 Å². The van der Waals surface area contributed by atoms with Crippen LogP contribution in [0.2, 0.25) is 0 Å². The smallest absolute Gasteiger partial charge is 0.240 e. The predicted octanol–water partition coefficient (Wildman–Crippen LogP) is 3.16.